The predicted molar refractivity (Wildman–Crippen MR) is 75.1 cm³/mol. The number of halogens is 1. The summed E-state index contributed by atoms with van der Waals surface area (Å²) >= 11 is 3.39. The Bertz CT molecular complexity index is 506. The molecule has 1 fully saturated rings. The Balaban J connectivity index is 2.36. The summed E-state index contributed by atoms with van der Waals surface area (Å²) in [6.07, 6.45) is -0.206. The highest BCUT2D eigenvalue weighted by molar-refractivity contribution is 9.10. The normalized spacial score (nSPS) is 23.1. The molecule has 102 valence electrons. The second-order valence-corrected chi connectivity index (χ2v) is 5.51. The van der Waals surface area contributed by atoms with Crippen molar-refractivity contribution < 1.29 is 14.7 Å². The smallest absolute Gasteiger partial charge is 0.305 e. The van der Waals surface area contributed by atoms with Crippen molar-refractivity contribution in [3.05, 3.63) is 28.7 Å². The van der Waals surface area contributed by atoms with Crippen LogP contribution >= 0.6 is 15.9 Å². The van der Waals surface area contributed by atoms with Gasteiger partial charge >= 0.3 is 5.97 Å². The van der Waals surface area contributed by atoms with Crippen molar-refractivity contribution in [3.63, 3.8) is 0 Å². The van der Waals surface area contributed by atoms with E-state index in [9.17, 15) is 9.59 Å². The first-order valence-corrected chi connectivity index (χ1v) is 6.81. The Kier molecular flexibility index (Phi) is 4.09. The van der Waals surface area contributed by atoms with Crippen molar-refractivity contribution >= 4 is 33.5 Å². The van der Waals surface area contributed by atoms with Crippen LogP contribution < -0.4 is 10.2 Å². The Labute approximate surface area is 119 Å². The Morgan fingerprint density at radius 1 is 1.58 bits per heavy atom. The van der Waals surface area contributed by atoms with Gasteiger partial charge in [-0.2, -0.15) is 0 Å². The third-order valence-electron chi connectivity index (χ3n) is 3.16. The molecule has 5 nitrogen and oxygen atoms in total. The molecule has 2 N–H and O–H groups in total. The highest BCUT2D eigenvalue weighted by Gasteiger charge is 2.35. The monoisotopic (exact) mass is 326 g/mol. The van der Waals surface area contributed by atoms with Crippen LogP contribution in [-0.2, 0) is 9.59 Å². The summed E-state index contributed by atoms with van der Waals surface area (Å²) < 4.78 is 0.900. The van der Waals surface area contributed by atoms with Gasteiger partial charge in [-0.1, -0.05) is 22.0 Å². The zero-order chi connectivity index (χ0) is 14.0. The summed E-state index contributed by atoms with van der Waals surface area (Å²) in [5, 5.41) is 11.7. The maximum Gasteiger partial charge on any atom is 0.305 e. The molecule has 0 aliphatic carbocycles. The maximum atomic E-state index is 11.9. The first kappa shape index (κ1) is 13.9. The lowest BCUT2D eigenvalue weighted by Gasteiger charge is -2.41. The minimum absolute atomic E-state index is 0.0522. The molecule has 2 atom stereocenters. The van der Waals surface area contributed by atoms with Crippen molar-refractivity contribution in [3.8, 4) is 0 Å². The van der Waals surface area contributed by atoms with Crippen molar-refractivity contribution in [2.45, 2.75) is 25.4 Å². The van der Waals surface area contributed by atoms with Gasteiger partial charge in [0, 0.05) is 22.7 Å². The topological polar surface area (TPSA) is 69.6 Å². The predicted octanol–water partition coefficient (Wildman–Crippen LogP) is 1.62. The van der Waals surface area contributed by atoms with E-state index in [0.717, 1.165) is 10.2 Å². The number of anilines is 1. The molecule has 1 aliphatic heterocycles. The van der Waals surface area contributed by atoms with Crippen LogP contribution in [0.15, 0.2) is 28.7 Å². The Hall–Kier alpha value is -1.56. The van der Waals surface area contributed by atoms with E-state index >= 15 is 0 Å². The van der Waals surface area contributed by atoms with Gasteiger partial charge in [-0.3, -0.25) is 9.59 Å². The van der Waals surface area contributed by atoms with E-state index in [1.165, 1.54) is 0 Å². The molecule has 0 bridgehead atoms. The van der Waals surface area contributed by atoms with Crippen molar-refractivity contribution in [1.29, 1.82) is 0 Å². The van der Waals surface area contributed by atoms with E-state index in [1.54, 1.807) is 0 Å². The molecule has 0 saturated carbocycles. The molecule has 1 aromatic carbocycles. The zero-order valence-electron chi connectivity index (χ0n) is 10.5. The van der Waals surface area contributed by atoms with Gasteiger partial charge in [0.15, 0.2) is 0 Å². The quantitative estimate of drug-likeness (QED) is 0.885. The lowest BCUT2D eigenvalue weighted by molar-refractivity contribution is -0.140. The largest absolute Gasteiger partial charge is 0.481 e. The van der Waals surface area contributed by atoms with E-state index in [-0.39, 0.29) is 18.4 Å². The third kappa shape index (κ3) is 3.07. The van der Waals surface area contributed by atoms with Crippen molar-refractivity contribution in [1.82, 2.24) is 5.32 Å². The molecule has 19 heavy (non-hydrogen) atoms. The summed E-state index contributed by atoms with van der Waals surface area (Å²) in [4.78, 5) is 24.7. The number of hydrogen-bond acceptors (Lipinski definition) is 3. The van der Waals surface area contributed by atoms with Crippen LogP contribution in [0.3, 0.4) is 0 Å². The molecule has 1 aromatic rings. The van der Waals surface area contributed by atoms with E-state index in [2.05, 4.69) is 21.2 Å². The highest BCUT2D eigenvalue weighted by atomic mass is 79.9. The molecule has 1 amide bonds. The Morgan fingerprint density at radius 2 is 2.32 bits per heavy atom. The molecule has 0 radical (unpaired) electrons. The summed E-state index contributed by atoms with van der Waals surface area (Å²) in [5.74, 6) is -1.21. The van der Waals surface area contributed by atoms with E-state index in [4.69, 9.17) is 5.11 Å². The molecule has 1 saturated heterocycles. The number of nitrogens with one attached hydrogen (secondary N) is 1. The standard InChI is InChI=1S/C13H15BrN2O3/c1-8-7-15-13(19)11(6-12(17)18)16(8)10-4-2-3-9(14)5-10/h2-5,8,11H,6-7H2,1H3,(H,15,19)(H,17,18). The van der Waals surface area contributed by atoms with Crippen LogP contribution in [0.25, 0.3) is 0 Å². The summed E-state index contributed by atoms with van der Waals surface area (Å²) in [5.41, 5.74) is 0.850. The number of carboxylic acid groups (broad SMARTS) is 1. The number of carbonyl (C=O) groups is 2. The van der Waals surface area contributed by atoms with Gasteiger partial charge < -0.3 is 15.3 Å². The molecule has 2 rings (SSSR count). The molecule has 0 spiro atoms. The van der Waals surface area contributed by atoms with Crippen molar-refractivity contribution in [2.75, 3.05) is 11.4 Å². The van der Waals surface area contributed by atoms with Gasteiger partial charge in [0.1, 0.15) is 6.04 Å². The highest BCUT2D eigenvalue weighted by Crippen LogP contribution is 2.26. The van der Waals surface area contributed by atoms with Crippen LogP contribution in [0.5, 0.6) is 0 Å². The fourth-order valence-electron chi connectivity index (χ4n) is 2.33. The van der Waals surface area contributed by atoms with Gasteiger partial charge in [0.25, 0.3) is 0 Å². The van der Waals surface area contributed by atoms with E-state index in [1.807, 2.05) is 36.1 Å². The van der Waals surface area contributed by atoms with Gasteiger partial charge in [-0.15, -0.1) is 0 Å². The fourth-order valence-corrected chi connectivity index (χ4v) is 2.71. The molecule has 1 heterocycles. The zero-order valence-corrected chi connectivity index (χ0v) is 12.1. The minimum Gasteiger partial charge on any atom is -0.481 e. The van der Waals surface area contributed by atoms with Crippen LogP contribution in [-0.4, -0.2) is 35.6 Å². The molecular formula is C13H15BrN2O3. The summed E-state index contributed by atoms with van der Waals surface area (Å²) in [6.45, 7) is 2.48. The third-order valence-corrected chi connectivity index (χ3v) is 3.65. The van der Waals surface area contributed by atoms with E-state index in [0.29, 0.717) is 6.54 Å². The SMILES string of the molecule is CC1CNC(=O)C(CC(=O)O)N1c1cccc(Br)c1. The number of piperazine rings is 1. The molecule has 1 aliphatic rings. The van der Waals surface area contributed by atoms with Crippen LogP contribution in [0, 0.1) is 0 Å². The lowest BCUT2D eigenvalue weighted by atomic mass is 10.0. The number of aliphatic carboxylic acids is 1. The van der Waals surface area contributed by atoms with Gasteiger partial charge in [0.2, 0.25) is 5.91 Å². The van der Waals surface area contributed by atoms with Crippen molar-refractivity contribution in [2.24, 2.45) is 0 Å². The van der Waals surface area contributed by atoms with Gasteiger partial charge in [-0.25, -0.2) is 0 Å². The summed E-state index contributed by atoms with van der Waals surface area (Å²) in [6, 6.07) is 6.92. The number of rotatable bonds is 3. The number of carbonyl (C=O) groups excluding carboxylic acids is 1. The average molecular weight is 327 g/mol. The number of nitrogens with zero attached hydrogens (tertiary/aromatic N) is 1. The minimum atomic E-state index is -0.978. The molecule has 0 aromatic heterocycles. The molecule has 2 unspecified atom stereocenters. The first-order valence-electron chi connectivity index (χ1n) is 6.02. The maximum absolute atomic E-state index is 11.9. The number of amides is 1. The van der Waals surface area contributed by atoms with Gasteiger partial charge in [-0.05, 0) is 25.1 Å². The Morgan fingerprint density at radius 3 is 2.95 bits per heavy atom. The molecular weight excluding hydrogens is 312 g/mol. The van der Waals surface area contributed by atoms with E-state index < -0.39 is 12.0 Å². The van der Waals surface area contributed by atoms with Crippen LogP contribution in [0.1, 0.15) is 13.3 Å². The van der Waals surface area contributed by atoms with Gasteiger partial charge in [0.05, 0.1) is 6.42 Å². The second kappa shape index (κ2) is 5.61. The number of carboxylic acids is 1. The first-order chi connectivity index (χ1) is 8.99. The van der Waals surface area contributed by atoms with Crippen LogP contribution in [0.4, 0.5) is 5.69 Å². The fraction of sp³-hybridized carbons (Fsp3) is 0.385. The number of benzene rings is 1. The lowest BCUT2D eigenvalue weighted by Crippen LogP contribution is -2.60. The second-order valence-electron chi connectivity index (χ2n) is 4.59. The number of hydrogen-bond donors (Lipinski definition) is 2. The summed E-state index contributed by atoms with van der Waals surface area (Å²) in [7, 11) is 0. The average Bonchev–Trinajstić information content (AvgIpc) is 2.33. The molecule has 6 heteroatoms. The van der Waals surface area contributed by atoms with Crippen LogP contribution in [0.2, 0.25) is 0 Å².